The van der Waals surface area contributed by atoms with E-state index >= 15 is 0 Å². The molecule has 1 saturated carbocycles. The van der Waals surface area contributed by atoms with E-state index in [9.17, 15) is 9.59 Å². The molecule has 0 spiro atoms. The van der Waals surface area contributed by atoms with Crippen molar-refractivity contribution in [2.45, 2.75) is 18.9 Å². The van der Waals surface area contributed by atoms with Crippen LogP contribution in [0.1, 0.15) is 44.7 Å². The van der Waals surface area contributed by atoms with E-state index in [1.165, 1.54) is 17.4 Å². The summed E-state index contributed by atoms with van der Waals surface area (Å²) in [5.74, 6) is 0.440. The molecule has 3 N–H and O–H groups in total. The normalized spacial score (nSPS) is 15.3. The Morgan fingerprint density at radius 1 is 1.25 bits per heavy atom. The van der Waals surface area contributed by atoms with Crippen LogP contribution in [0, 0.1) is 5.92 Å². The fourth-order valence-electron chi connectivity index (χ4n) is 2.80. The molecule has 3 aromatic rings. The molecule has 1 aliphatic carbocycles. The maximum atomic E-state index is 12.5. The number of nitrogens with one attached hydrogen (secondary N) is 1. The second-order valence-electron chi connectivity index (χ2n) is 6.04. The first-order chi connectivity index (χ1) is 11.6. The Hall–Kier alpha value is -2.60. The number of fused-ring (bicyclic) bond motifs is 1. The van der Waals surface area contributed by atoms with Crippen molar-refractivity contribution in [2.24, 2.45) is 11.7 Å². The number of carbonyl (C=O) groups is 2. The average molecular weight is 340 g/mol. The van der Waals surface area contributed by atoms with Crippen molar-refractivity contribution in [3.05, 3.63) is 58.0 Å². The van der Waals surface area contributed by atoms with Gasteiger partial charge in [0.15, 0.2) is 0 Å². The molecule has 1 aromatic carbocycles. The minimum Gasteiger partial charge on any atom is -0.459 e. The maximum Gasteiger partial charge on any atom is 0.261 e. The zero-order valence-corrected chi connectivity index (χ0v) is 13.6. The summed E-state index contributed by atoms with van der Waals surface area (Å²) in [6.07, 6.45) is 2.14. The first-order valence-electron chi connectivity index (χ1n) is 7.79. The monoisotopic (exact) mass is 340 g/mol. The summed E-state index contributed by atoms with van der Waals surface area (Å²) >= 11 is 1.22. The minimum atomic E-state index is -0.527. The quantitative estimate of drug-likeness (QED) is 0.746. The lowest BCUT2D eigenvalue weighted by Gasteiger charge is -2.15. The second kappa shape index (κ2) is 5.79. The molecule has 0 unspecified atom stereocenters. The summed E-state index contributed by atoms with van der Waals surface area (Å²) in [4.78, 5) is 24.2. The van der Waals surface area contributed by atoms with E-state index < -0.39 is 5.91 Å². The third-order valence-electron chi connectivity index (χ3n) is 4.24. The van der Waals surface area contributed by atoms with Crippen LogP contribution in [0.25, 0.3) is 11.0 Å². The fraction of sp³-hybridized carbons (Fsp3) is 0.222. The van der Waals surface area contributed by atoms with Crippen LogP contribution in [0.3, 0.4) is 0 Å². The summed E-state index contributed by atoms with van der Waals surface area (Å²) in [6.45, 7) is 0. The van der Waals surface area contributed by atoms with Gasteiger partial charge in [-0.2, -0.15) is 0 Å². The van der Waals surface area contributed by atoms with E-state index in [4.69, 9.17) is 10.2 Å². The number of amides is 2. The van der Waals surface area contributed by atoms with Crippen LogP contribution in [-0.4, -0.2) is 11.8 Å². The topological polar surface area (TPSA) is 85.3 Å². The van der Waals surface area contributed by atoms with Crippen LogP contribution >= 0.6 is 11.3 Å². The number of hydrogen-bond acceptors (Lipinski definition) is 4. The van der Waals surface area contributed by atoms with Crippen molar-refractivity contribution < 1.29 is 14.0 Å². The first kappa shape index (κ1) is 15.0. The predicted molar refractivity (Wildman–Crippen MR) is 92.0 cm³/mol. The van der Waals surface area contributed by atoms with Gasteiger partial charge in [-0.1, -0.05) is 18.2 Å². The number of nitrogens with two attached hydrogens (primary N) is 1. The zero-order chi connectivity index (χ0) is 16.7. The zero-order valence-electron chi connectivity index (χ0n) is 12.8. The van der Waals surface area contributed by atoms with Crippen LogP contribution in [0.2, 0.25) is 0 Å². The molecule has 5 nitrogen and oxygen atoms in total. The molecule has 122 valence electrons. The smallest absolute Gasteiger partial charge is 0.261 e. The third-order valence-corrected chi connectivity index (χ3v) is 5.17. The summed E-state index contributed by atoms with van der Waals surface area (Å²) in [5, 5.41) is 5.68. The van der Waals surface area contributed by atoms with Gasteiger partial charge in [-0.25, -0.2) is 0 Å². The highest BCUT2D eigenvalue weighted by Crippen LogP contribution is 2.42. The van der Waals surface area contributed by atoms with Gasteiger partial charge in [-0.15, -0.1) is 11.3 Å². The van der Waals surface area contributed by atoms with Gasteiger partial charge in [0.1, 0.15) is 11.3 Å². The van der Waals surface area contributed by atoms with Gasteiger partial charge in [0, 0.05) is 10.8 Å². The predicted octanol–water partition coefficient (Wildman–Crippen LogP) is 3.47. The van der Waals surface area contributed by atoms with Crippen LogP contribution < -0.4 is 11.1 Å². The Balaban J connectivity index is 1.59. The SMILES string of the molecule is NC(=O)c1csc(C(=O)N[C@@H](c2cc3ccccc3o2)C2CC2)c1. The van der Waals surface area contributed by atoms with Crippen molar-refractivity contribution in [3.8, 4) is 0 Å². The summed E-state index contributed by atoms with van der Waals surface area (Å²) in [6, 6.07) is 11.2. The van der Waals surface area contributed by atoms with Gasteiger partial charge in [0.05, 0.1) is 16.5 Å². The number of hydrogen-bond donors (Lipinski definition) is 2. The Morgan fingerprint density at radius 2 is 2.04 bits per heavy atom. The number of furan rings is 1. The van der Waals surface area contributed by atoms with E-state index in [1.54, 1.807) is 5.38 Å². The van der Waals surface area contributed by atoms with Gasteiger partial charge in [0.25, 0.3) is 5.91 Å². The molecule has 0 bridgehead atoms. The molecule has 2 heterocycles. The molecule has 1 aliphatic rings. The third kappa shape index (κ3) is 2.80. The highest BCUT2D eigenvalue weighted by atomic mass is 32.1. The van der Waals surface area contributed by atoms with Crippen LogP contribution in [0.5, 0.6) is 0 Å². The summed E-state index contributed by atoms with van der Waals surface area (Å²) in [5.41, 5.74) is 6.42. The number of rotatable bonds is 5. The molecule has 2 amide bonds. The number of para-hydroxylation sites is 1. The molecule has 24 heavy (non-hydrogen) atoms. The Labute approximate surface area is 142 Å². The number of primary amides is 1. The molecule has 0 saturated heterocycles. The molecular weight excluding hydrogens is 324 g/mol. The Kier molecular flexibility index (Phi) is 3.61. The highest BCUT2D eigenvalue weighted by molar-refractivity contribution is 7.12. The van der Waals surface area contributed by atoms with Crippen molar-refractivity contribution in [3.63, 3.8) is 0 Å². The molecule has 0 aliphatic heterocycles. The summed E-state index contributed by atoms with van der Waals surface area (Å²) in [7, 11) is 0. The molecule has 2 aromatic heterocycles. The Morgan fingerprint density at radius 3 is 2.71 bits per heavy atom. The van der Waals surface area contributed by atoms with Crippen LogP contribution in [0.4, 0.5) is 0 Å². The lowest BCUT2D eigenvalue weighted by Crippen LogP contribution is -2.29. The largest absolute Gasteiger partial charge is 0.459 e. The maximum absolute atomic E-state index is 12.5. The molecular formula is C18H16N2O3S. The van der Waals surface area contributed by atoms with Crippen molar-refractivity contribution in [1.29, 1.82) is 0 Å². The van der Waals surface area contributed by atoms with Gasteiger partial charge >= 0.3 is 0 Å². The molecule has 1 fully saturated rings. The number of thiophene rings is 1. The van der Waals surface area contributed by atoms with Gasteiger partial charge in [-0.3, -0.25) is 9.59 Å². The second-order valence-corrected chi connectivity index (χ2v) is 6.95. The lowest BCUT2D eigenvalue weighted by molar-refractivity contribution is 0.0930. The van der Waals surface area contributed by atoms with E-state index in [1.807, 2.05) is 30.3 Å². The first-order valence-corrected chi connectivity index (χ1v) is 8.67. The molecule has 6 heteroatoms. The van der Waals surface area contributed by atoms with Crippen molar-refractivity contribution in [2.75, 3.05) is 0 Å². The fourth-order valence-corrected chi connectivity index (χ4v) is 3.60. The van der Waals surface area contributed by atoms with Crippen molar-refractivity contribution in [1.82, 2.24) is 5.32 Å². The van der Waals surface area contributed by atoms with E-state index in [0.29, 0.717) is 16.4 Å². The van der Waals surface area contributed by atoms with Crippen molar-refractivity contribution >= 4 is 34.1 Å². The molecule has 0 radical (unpaired) electrons. The standard InChI is InChI=1S/C18H16N2O3S/c19-17(21)12-8-15(24-9-12)18(22)20-16(10-5-6-10)14-7-11-3-1-2-4-13(11)23-14/h1-4,7-10,16H,5-6H2,(H2,19,21)(H,20,22)/t16-/m1/s1. The van der Waals surface area contributed by atoms with Crippen LogP contribution in [-0.2, 0) is 0 Å². The number of carbonyl (C=O) groups excluding carboxylic acids is 2. The van der Waals surface area contributed by atoms with E-state index in [-0.39, 0.29) is 11.9 Å². The van der Waals surface area contributed by atoms with Gasteiger partial charge in [-0.05, 0) is 37.0 Å². The lowest BCUT2D eigenvalue weighted by atomic mass is 10.1. The molecule has 1 atom stereocenters. The van der Waals surface area contributed by atoms with E-state index in [0.717, 1.165) is 29.6 Å². The van der Waals surface area contributed by atoms with Gasteiger partial charge in [0.2, 0.25) is 5.91 Å². The van der Waals surface area contributed by atoms with Gasteiger partial charge < -0.3 is 15.5 Å². The van der Waals surface area contributed by atoms with Crippen LogP contribution in [0.15, 0.2) is 46.2 Å². The highest BCUT2D eigenvalue weighted by Gasteiger charge is 2.36. The average Bonchev–Trinajstić information content (AvgIpc) is 3.12. The summed E-state index contributed by atoms with van der Waals surface area (Å²) < 4.78 is 5.93. The van der Waals surface area contributed by atoms with E-state index in [2.05, 4.69) is 5.32 Å². The number of benzene rings is 1. The minimum absolute atomic E-state index is 0.149. The Bertz CT molecular complexity index is 890. The molecule has 4 rings (SSSR count).